The molecule has 4 nitrogen and oxygen atoms in total. The van der Waals surface area contributed by atoms with Crippen molar-refractivity contribution >= 4 is 39.1 Å². The molecule has 0 fully saturated rings. The fourth-order valence-corrected chi connectivity index (χ4v) is 2.59. The molecule has 2 N–H and O–H groups in total. The highest BCUT2D eigenvalue weighted by molar-refractivity contribution is 9.10. The Bertz CT molecular complexity index is 775. The largest absolute Gasteiger partial charge is 0.339 e. The van der Waals surface area contributed by atoms with Crippen LogP contribution < -0.4 is 10.6 Å². The molecule has 0 aliphatic heterocycles. The van der Waals surface area contributed by atoms with E-state index >= 15 is 0 Å². The molecule has 0 unspecified atom stereocenters. The van der Waals surface area contributed by atoms with Crippen molar-refractivity contribution in [2.24, 2.45) is 0 Å². The zero-order chi connectivity index (χ0) is 15.4. The van der Waals surface area contributed by atoms with Crippen LogP contribution >= 0.6 is 15.9 Å². The lowest BCUT2D eigenvalue weighted by molar-refractivity contribution is 1.16. The molecule has 0 aliphatic rings. The fraction of sp³-hybridized carbons (Fsp3) is 0.0588. The van der Waals surface area contributed by atoms with Gasteiger partial charge in [0.1, 0.15) is 5.82 Å². The summed E-state index contributed by atoms with van der Waals surface area (Å²) in [4.78, 5) is 8.71. The summed E-state index contributed by atoms with van der Waals surface area (Å²) >= 11 is 3.56. The average molecular weight is 355 g/mol. The molecular formula is C17H15BrN4. The smallest absolute Gasteiger partial charge is 0.229 e. The van der Waals surface area contributed by atoms with Crippen LogP contribution in [0.15, 0.2) is 65.3 Å². The van der Waals surface area contributed by atoms with Gasteiger partial charge in [-0.15, -0.1) is 0 Å². The molecule has 3 rings (SSSR count). The molecule has 0 spiro atoms. The molecule has 0 radical (unpaired) electrons. The number of anilines is 4. The van der Waals surface area contributed by atoms with Gasteiger partial charge in [-0.25, -0.2) is 4.98 Å². The Morgan fingerprint density at radius 3 is 2.55 bits per heavy atom. The second-order valence-corrected chi connectivity index (χ2v) is 5.72. The first-order valence-corrected chi connectivity index (χ1v) is 7.68. The van der Waals surface area contributed by atoms with E-state index in [1.807, 2.05) is 42.5 Å². The molecule has 1 aromatic heterocycles. The molecule has 5 heteroatoms. The lowest BCUT2D eigenvalue weighted by Gasteiger charge is -2.10. The first kappa shape index (κ1) is 14.5. The monoisotopic (exact) mass is 354 g/mol. The van der Waals surface area contributed by atoms with Gasteiger partial charge in [-0.05, 0) is 58.7 Å². The molecule has 0 bridgehead atoms. The number of halogens is 1. The van der Waals surface area contributed by atoms with Gasteiger partial charge in [0, 0.05) is 16.4 Å². The minimum absolute atomic E-state index is 0.555. The van der Waals surface area contributed by atoms with Crippen LogP contribution in [-0.2, 0) is 0 Å². The van der Waals surface area contributed by atoms with E-state index in [0.29, 0.717) is 5.95 Å². The van der Waals surface area contributed by atoms with Crippen LogP contribution in [0.3, 0.4) is 0 Å². The number of benzene rings is 2. The van der Waals surface area contributed by atoms with Gasteiger partial charge in [-0.1, -0.05) is 24.3 Å². The summed E-state index contributed by atoms with van der Waals surface area (Å²) < 4.78 is 1.00. The predicted octanol–water partition coefficient (Wildman–Crippen LogP) is 5.03. The van der Waals surface area contributed by atoms with Gasteiger partial charge < -0.3 is 10.6 Å². The Kier molecular flexibility index (Phi) is 4.34. The molecule has 1 heterocycles. The van der Waals surface area contributed by atoms with Gasteiger partial charge >= 0.3 is 0 Å². The van der Waals surface area contributed by atoms with Gasteiger partial charge in [0.05, 0.1) is 5.69 Å². The van der Waals surface area contributed by atoms with Crippen molar-refractivity contribution in [3.8, 4) is 0 Å². The molecule has 0 saturated heterocycles. The van der Waals surface area contributed by atoms with E-state index < -0.39 is 0 Å². The molecular weight excluding hydrogens is 340 g/mol. The number of aromatic nitrogens is 2. The van der Waals surface area contributed by atoms with E-state index in [0.717, 1.165) is 21.7 Å². The number of aryl methyl sites for hydroxylation is 1. The molecule has 0 amide bonds. The van der Waals surface area contributed by atoms with Crippen molar-refractivity contribution in [1.29, 1.82) is 0 Å². The van der Waals surface area contributed by atoms with Crippen LogP contribution in [-0.4, -0.2) is 9.97 Å². The van der Waals surface area contributed by atoms with Gasteiger partial charge in [0.15, 0.2) is 0 Å². The second kappa shape index (κ2) is 6.58. The van der Waals surface area contributed by atoms with Crippen LogP contribution in [0.4, 0.5) is 23.1 Å². The van der Waals surface area contributed by atoms with Crippen molar-refractivity contribution in [3.05, 3.63) is 70.8 Å². The van der Waals surface area contributed by atoms with E-state index in [1.54, 1.807) is 6.20 Å². The van der Waals surface area contributed by atoms with Gasteiger partial charge in [0.25, 0.3) is 0 Å². The number of para-hydroxylation sites is 1. The lowest BCUT2D eigenvalue weighted by atomic mass is 10.2. The van der Waals surface area contributed by atoms with Crippen molar-refractivity contribution in [3.63, 3.8) is 0 Å². The lowest BCUT2D eigenvalue weighted by Crippen LogP contribution is -2.00. The third-order valence-corrected chi connectivity index (χ3v) is 3.73. The zero-order valence-electron chi connectivity index (χ0n) is 12.0. The summed E-state index contributed by atoms with van der Waals surface area (Å²) in [5, 5.41) is 6.47. The van der Waals surface area contributed by atoms with E-state index in [-0.39, 0.29) is 0 Å². The number of hydrogen-bond donors (Lipinski definition) is 2. The standard InChI is InChI=1S/C17H15BrN4/c1-12-7-8-15(14(18)11-12)21-16-9-10-19-17(22-16)20-13-5-3-2-4-6-13/h2-11H,1H3,(H2,19,20,21,22). The maximum absolute atomic E-state index is 4.47. The Hall–Kier alpha value is -2.40. The fourth-order valence-electron chi connectivity index (χ4n) is 2.00. The van der Waals surface area contributed by atoms with Gasteiger partial charge in [-0.3, -0.25) is 0 Å². The number of nitrogens with one attached hydrogen (secondary N) is 2. The van der Waals surface area contributed by atoms with Gasteiger partial charge in [0.2, 0.25) is 5.95 Å². The summed E-state index contributed by atoms with van der Waals surface area (Å²) in [6.07, 6.45) is 1.72. The van der Waals surface area contributed by atoms with E-state index in [4.69, 9.17) is 0 Å². The minimum Gasteiger partial charge on any atom is -0.339 e. The molecule has 22 heavy (non-hydrogen) atoms. The summed E-state index contributed by atoms with van der Waals surface area (Å²) in [5.74, 6) is 1.29. The van der Waals surface area contributed by atoms with Gasteiger partial charge in [-0.2, -0.15) is 4.98 Å². The zero-order valence-corrected chi connectivity index (χ0v) is 13.6. The molecule has 3 aromatic rings. The van der Waals surface area contributed by atoms with Crippen LogP contribution in [0.5, 0.6) is 0 Å². The topological polar surface area (TPSA) is 49.8 Å². The third-order valence-electron chi connectivity index (χ3n) is 3.07. The SMILES string of the molecule is Cc1ccc(Nc2ccnc(Nc3ccccc3)n2)c(Br)c1. The Labute approximate surface area is 137 Å². The van der Waals surface area contributed by atoms with Crippen molar-refractivity contribution in [2.45, 2.75) is 6.92 Å². The molecule has 2 aromatic carbocycles. The van der Waals surface area contributed by atoms with Crippen LogP contribution in [0.1, 0.15) is 5.56 Å². The first-order valence-electron chi connectivity index (χ1n) is 6.89. The van der Waals surface area contributed by atoms with Crippen molar-refractivity contribution in [2.75, 3.05) is 10.6 Å². The molecule has 0 aliphatic carbocycles. The van der Waals surface area contributed by atoms with Crippen molar-refractivity contribution in [1.82, 2.24) is 9.97 Å². The third kappa shape index (κ3) is 3.62. The normalized spacial score (nSPS) is 10.3. The summed E-state index contributed by atoms with van der Waals surface area (Å²) in [5.41, 5.74) is 3.12. The minimum atomic E-state index is 0.555. The Morgan fingerprint density at radius 1 is 0.955 bits per heavy atom. The maximum Gasteiger partial charge on any atom is 0.229 e. The molecule has 110 valence electrons. The van der Waals surface area contributed by atoms with Crippen LogP contribution in [0.2, 0.25) is 0 Å². The van der Waals surface area contributed by atoms with E-state index in [2.05, 4.69) is 55.6 Å². The second-order valence-electron chi connectivity index (χ2n) is 4.86. The number of hydrogen-bond acceptors (Lipinski definition) is 4. The van der Waals surface area contributed by atoms with Crippen LogP contribution in [0.25, 0.3) is 0 Å². The quantitative estimate of drug-likeness (QED) is 0.689. The number of nitrogens with zero attached hydrogens (tertiary/aromatic N) is 2. The number of rotatable bonds is 4. The predicted molar refractivity (Wildman–Crippen MR) is 93.9 cm³/mol. The molecule has 0 atom stereocenters. The highest BCUT2D eigenvalue weighted by Crippen LogP contribution is 2.26. The first-order chi connectivity index (χ1) is 10.7. The highest BCUT2D eigenvalue weighted by atomic mass is 79.9. The average Bonchev–Trinajstić information content (AvgIpc) is 2.52. The maximum atomic E-state index is 4.47. The van der Waals surface area contributed by atoms with Crippen LogP contribution in [0, 0.1) is 6.92 Å². The Balaban J connectivity index is 1.79. The molecule has 0 saturated carbocycles. The van der Waals surface area contributed by atoms with E-state index in [9.17, 15) is 0 Å². The van der Waals surface area contributed by atoms with Crippen molar-refractivity contribution < 1.29 is 0 Å². The summed E-state index contributed by atoms with van der Waals surface area (Å²) in [7, 11) is 0. The Morgan fingerprint density at radius 2 is 1.77 bits per heavy atom. The van der Waals surface area contributed by atoms with E-state index in [1.165, 1.54) is 5.56 Å². The summed E-state index contributed by atoms with van der Waals surface area (Å²) in [6, 6.07) is 17.8. The summed E-state index contributed by atoms with van der Waals surface area (Å²) in [6.45, 7) is 2.06. The highest BCUT2D eigenvalue weighted by Gasteiger charge is 2.03.